The number of fused-ring (bicyclic) bond motifs is 1. The molecule has 12 heavy (non-hydrogen) atoms. The monoisotopic (exact) mass is 158 g/mol. The maximum atomic E-state index is 5.49. The predicted molar refractivity (Wildman–Crippen MR) is 48.2 cm³/mol. The molecule has 0 spiro atoms. The summed E-state index contributed by atoms with van der Waals surface area (Å²) < 4.78 is 5.49. The second-order valence-corrected chi connectivity index (χ2v) is 2.88. The van der Waals surface area contributed by atoms with Gasteiger partial charge in [0.1, 0.15) is 5.75 Å². The summed E-state index contributed by atoms with van der Waals surface area (Å²) in [7, 11) is 0. The molecule has 0 radical (unpaired) electrons. The number of terminal acetylenes is 1. The molecule has 1 aliphatic heterocycles. The molecule has 1 heteroatoms. The van der Waals surface area contributed by atoms with Crippen LogP contribution in [0.1, 0.15) is 11.1 Å². The van der Waals surface area contributed by atoms with E-state index in [0.29, 0.717) is 6.42 Å². The molecule has 0 bridgehead atoms. The van der Waals surface area contributed by atoms with Crippen LogP contribution in [-0.4, -0.2) is 6.61 Å². The molecular formula is C11H10O. The molecule has 0 unspecified atom stereocenters. The maximum absolute atomic E-state index is 5.49. The van der Waals surface area contributed by atoms with E-state index in [1.54, 1.807) is 0 Å². The van der Waals surface area contributed by atoms with Crippen molar-refractivity contribution in [3.8, 4) is 18.1 Å². The van der Waals surface area contributed by atoms with Crippen LogP contribution in [0.15, 0.2) is 18.2 Å². The minimum absolute atomic E-state index is 0.670. The molecule has 0 saturated heterocycles. The average Bonchev–Trinajstić information content (AvgIpc) is 2.53. The lowest BCUT2D eigenvalue weighted by molar-refractivity contribution is 0.354. The Hall–Kier alpha value is -1.42. The first-order chi connectivity index (χ1) is 5.92. The Morgan fingerprint density at radius 1 is 1.50 bits per heavy atom. The van der Waals surface area contributed by atoms with E-state index in [4.69, 9.17) is 11.2 Å². The largest absolute Gasteiger partial charge is 0.493 e. The summed E-state index contributed by atoms with van der Waals surface area (Å²) in [5.74, 6) is 3.66. The Kier molecular flexibility index (Phi) is 1.75. The van der Waals surface area contributed by atoms with Gasteiger partial charge < -0.3 is 4.74 Å². The fourth-order valence-corrected chi connectivity index (χ4v) is 1.53. The number of hydrogen-bond donors (Lipinski definition) is 0. The van der Waals surface area contributed by atoms with Gasteiger partial charge in [0, 0.05) is 18.4 Å². The molecule has 0 aliphatic carbocycles. The summed E-state index contributed by atoms with van der Waals surface area (Å²) >= 11 is 0. The minimum Gasteiger partial charge on any atom is -0.493 e. The summed E-state index contributed by atoms with van der Waals surface area (Å²) in [6.07, 6.45) is 6.94. The summed E-state index contributed by atoms with van der Waals surface area (Å²) in [6.45, 7) is 0.802. The predicted octanol–water partition coefficient (Wildman–Crippen LogP) is 1.80. The van der Waals surface area contributed by atoms with E-state index in [9.17, 15) is 0 Å². The lowest BCUT2D eigenvalue weighted by atomic mass is 10.1. The highest BCUT2D eigenvalue weighted by molar-refractivity contribution is 5.45. The van der Waals surface area contributed by atoms with Gasteiger partial charge in [-0.15, -0.1) is 12.3 Å². The molecule has 0 atom stereocenters. The van der Waals surface area contributed by atoms with Gasteiger partial charge in [0.05, 0.1) is 6.61 Å². The summed E-state index contributed by atoms with van der Waals surface area (Å²) in [4.78, 5) is 0. The first-order valence-corrected chi connectivity index (χ1v) is 4.09. The molecule has 0 saturated carbocycles. The van der Waals surface area contributed by atoms with Gasteiger partial charge in [-0.2, -0.15) is 0 Å². The van der Waals surface area contributed by atoms with Gasteiger partial charge in [-0.1, -0.05) is 18.2 Å². The second-order valence-electron chi connectivity index (χ2n) is 2.88. The van der Waals surface area contributed by atoms with Gasteiger partial charge in [-0.3, -0.25) is 0 Å². The van der Waals surface area contributed by atoms with Gasteiger partial charge in [-0.25, -0.2) is 0 Å². The summed E-state index contributed by atoms with van der Waals surface area (Å²) in [5.41, 5.74) is 2.44. The van der Waals surface area contributed by atoms with E-state index in [2.05, 4.69) is 12.0 Å². The Balaban J connectivity index is 2.44. The van der Waals surface area contributed by atoms with Crippen molar-refractivity contribution in [1.82, 2.24) is 0 Å². The highest BCUT2D eigenvalue weighted by Gasteiger charge is 2.14. The number of hydrogen-bond acceptors (Lipinski definition) is 1. The van der Waals surface area contributed by atoms with Crippen LogP contribution in [0.3, 0.4) is 0 Å². The standard InChI is InChI=1S/C11H10O/c1-2-4-9-5-3-6-10-7-8-12-11(9)10/h1,3,5-6H,4,7-8H2. The molecule has 0 fully saturated rings. The zero-order valence-corrected chi connectivity index (χ0v) is 6.84. The molecule has 1 nitrogen and oxygen atoms in total. The number of para-hydroxylation sites is 1. The average molecular weight is 158 g/mol. The van der Waals surface area contributed by atoms with Crippen molar-refractivity contribution in [3.63, 3.8) is 0 Å². The lowest BCUT2D eigenvalue weighted by Gasteiger charge is -2.03. The lowest BCUT2D eigenvalue weighted by Crippen LogP contribution is -1.90. The third-order valence-electron chi connectivity index (χ3n) is 2.09. The topological polar surface area (TPSA) is 9.23 Å². The summed E-state index contributed by atoms with van der Waals surface area (Å²) in [6, 6.07) is 6.17. The normalized spacial score (nSPS) is 13.2. The molecule has 1 aliphatic rings. The van der Waals surface area contributed by atoms with E-state index in [1.807, 2.05) is 12.1 Å². The van der Waals surface area contributed by atoms with Crippen LogP contribution in [0.25, 0.3) is 0 Å². The van der Waals surface area contributed by atoms with Crippen LogP contribution >= 0.6 is 0 Å². The molecule has 1 aromatic rings. The van der Waals surface area contributed by atoms with Crippen molar-refractivity contribution in [2.45, 2.75) is 12.8 Å². The van der Waals surface area contributed by atoms with Gasteiger partial charge in [0.15, 0.2) is 0 Å². The molecule has 1 heterocycles. The van der Waals surface area contributed by atoms with E-state index in [-0.39, 0.29) is 0 Å². The van der Waals surface area contributed by atoms with Crippen molar-refractivity contribution in [2.75, 3.05) is 6.61 Å². The third-order valence-corrected chi connectivity index (χ3v) is 2.09. The molecule has 0 amide bonds. The van der Waals surface area contributed by atoms with Gasteiger partial charge in [0.2, 0.25) is 0 Å². The van der Waals surface area contributed by atoms with Gasteiger partial charge in [0.25, 0.3) is 0 Å². The minimum atomic E-state index is 0.670. The van der Waals surface area contributed by atoms with Crippen LogP contribution < -0.4 is 4.74 Å². The fourth-order valence-electron chi connectivity index (χ4n) is 1.53. The van der Waals surface area contributed by atoms with Crippen LogP contribution in [0.2, 0.25) is 0 Å². The number of ether oxygens (including phenoxy) is 1. The third kappa shape index (κ3) is 1.06. The van der Waals surface area contributed by atoms with E-state index in [0.717, 1.165) is 24.3 Å². The van der Waals surface area contributed by atoms with Crippen molar-refractivity contribution >= 4 is 0 Å². The van der Waals surface area contributed by atoms with Gasteiger partial charge >= 0.3 is 0 Å². The molecule has 60 valence electrons. The van der Waals surface area contributed by atoms with Crippen LogP contribution in [0, 0.1) is 12.3 Å². The maximum Gasteiger partial charge on any atom is 0.126 e. The summed E-state index contributed by atoms with van der Waals surface area (Å²) in [5, 5.41) is 0. The molecular weight excluding hydrogens is 148 g/mol. The highest BCUT2D eigenvalue weighted by atomic mass is 16.5. The number of rotatable bonds is 1. The Labute approximate surface area is 72.4 Å². The Morgan fingerprint density at radius 3 is 3.25 bits per heavy atom. The van der Waals surface area contributed by atoms with Crippen molar-refractivity contribution in [2.24, 2.45) is 0 Å². The van der Waals surface area contributed by atoms with Gasteiger partial charge in [-0.05, 0) is 5.56 Å². The van der Waals surface area contributed by atoms with Crippen molar-refractivity contribution in [3.05, 3.63) is 29.3 Å². The van der Waals surface area contributed by atoms with Crippen LogP contribution in [-0.2, 0) is 12.8 Å². The van der Waals surface area contributed by atoms with E-state index < -0.39 is 0 Å². The van der Waals surface area contributed by atoms with E-state index in [1.165, 1.54) is 5.56 Å². The van der Waals surface area contributed by atoms with Crippen molar-refractivity contribution in [1.29, 1.82) is 0 Å². The molecule has 0 N–H and O–H groups in total. The quantitative estimate of drug-likeness (QED) is 0.566. The molecule has 1 aromatic carbocycles. The zero-order valence-electron chi connectivity index (χ0n) is 6.84. The van der Waals surface area contributed by atoms with Crippen LogP contribution in [0.4, 0.5) is 0 Å². The Morgan fingerprint density at radius 2 is 2.42 bits per heavy atom. The van der Waals surface area contributed by atoms with Crippen LogP contribution in [0.5, 0.6) is 5.75 Å². The SMILES string of the molecule is C#CCc1cccc2c1OCC2. The molecule has 0 aromatic heterocycles. The number of benzene rings is 1. The zero-order chi connectivity index (χ0) is 8.39. The van der Waals surface area contributed by atoms with Crippen molar-refractivity contribution < 1.29 is 4.74 Å². The molecule has 2 rings (SSSR count). The second kappa shape index (κ2) is 2.91. The van der Waals surface area contributed by atoms with E-state index >= 15 is 0 Å². The first kappa shape index (κ1) is 7.24. The first-order valence-electron chi connectivity index (χ1n) is 4.09. The smallest absolute Gasteiger partial charge is 0.126 e. The Bertz CT molecular complexity index is 333. The fraction of sp³-hybridized carbons (Fsp3) is 0.273. The highest BCUT2D eigenvalue weighted by Crippen LogP contribution is 2.29.